The summed E-state index contributed by atoms with van der Waals surface area (Å²) < 4.78 is 2.85. The van der Waals surface area contributed by atoms with E-state index in [4.69, 9.17) is 16.9 Å². The highest BCUT2D eigenvalue weighted by Gasteiger charge is 2.13. The van der Waals surface area contributed by atoms with Crippen LogP contribution in [0.4, 0.5) is 0 Å². The Morgan fingerprint density at radius 2 is 2.05 bits per heavy atom. The van der Waals surface area contributed by atoms with Gasteiger partial charge in [-0.05, 0) is 46.3 Å². The van der Waals surface area contributed by atoms with Crippen LogP contribution in [0.15, 0.2) is 46.9 Å². The molecule has 0 amide bonds. The molecule has 1 aromatic heterocycles. The number of imidazole rings is 1. The third kappa shape index (κ3) is 2.09. The molecule has 0 fully saturated rings. The molecule has 0 aliphatic heterocycles. The highest BCUT2D eigenvalue weighted by Crippen LogP contribution is 2.28. The van der Waals surface area contributed by atoms with E-state index in [-0.39, 0.29) is 0 Å². The van der Waals surface area contributed by atoms with E-state index in [0.717, 1.165) is 27.0 Å². The molecule has 3 aromatic rings. The third-order valence-corrected chi connectivity index (χ3v) is 3.94. The SMILES string of the molecule is N#Cc1ccc(-n2c(CCl)nc3ccccc32)c(Br)c1. The first-order valence-electron chi connectivity index (χ1n) is 5.97. The minimum absolute atomic E-state index is 0.321. The van der Waals surface area contributed by atoms with Crippen molar-refractivity contribution in [3.63, 3.8) is 0 Å². The van der Waals surface area contributed by atoms with E-state index in [1.807, 2.05) is 34.9 Å². The number of aromatic nitrogens is 2. The Morgan fingerprint density at radius 1 is 1.25 bits per heavy atom. The van der Waals surface area contributed by atoms with Crippen molar-refractivity contribution in [1.82, 2.24) is 9.55 Å². The fourth-order valence-corrected chi connectivity index (χ4v) is 2.93. The summed E-state index contributed by atoms with van der Waals surface area (Å²) in [6.07, 6.45) is 0. The second-order valence-corrected chi connectivity index (χ2v) is 5.39. The van der Waals surface area contributed by atoms with Gasteiger partial charge < -0.3 is 0 Å². The topological polar surface area (TPSA) is 41.6 Å². The summed E-state index contributed by atoms with van der Waals surface area (Å²) in [4.78, 5) is 4.54. The Hall–Kier alpha value is -1.83. The van der Waals surface area contributed by atoms with Crippen molar-refractivity contribution < 1.29 is 0 Å². The predicted octanol–water partition coefficient (Wildman–Crippen LogP) is 4.40. The van der Waals surface area contributed by atoms with Gasteiger partial charge in [0.2, 0.25) is 0 Å². The van der Waals surface area contributed by atoms with Crippen molar-refractivity contribution in [2.45, 2.75) is 5.88 Å². The molecule has 0 bridgehead atoms. The first-order valence-corrected chi connectivity index (χ1v) is 7.29. The zero-order valence-electron chi connectivity index (χ0n) is 10.3. The molecule has 0 atom stereocenters. The van der Waals surface area contributed by atoms with E-state index in [1.54, 1.807) is 12.1 Å². The van der Waals surface area contributed by atoms with Crippen LogP contribution in [0.25, 0.3) is 16.7 Å². The maximum absolute atomic E-state index is 8.94. The summed E-state index contributed by atoms with van der Waals surface area (Å²) >= 11 is 9.53. The van der Waals surface area contributed by atoms with Crippen LogP contribution in [0.5, 0.6) is 0 Å². The van der Waals surface area contributed by atoms with Gasteiger partial charge >= 0.3 is 0 Å². The molecule has 5 heteroatoms. The summed E-state index contributed by atoms with van der Waals surface area (Å²) in [5.41, 5.74) is 3.43. The van der Waals surface area contributed by atoms with Crippen LogP contribution in [0.3, 0.4) is 0 Å². The van der Waals surface area contributed by atoms with E-state index in [0.29, 0.717) is 11.4 Å². The molecule has 98 valence electrons. The number of rotatable bonds is 2. The monoisotopic (exact) mass is 345 g/mol. The summed E-state index contributed by atoms with van der Waals surface area (Å²) in [6.45, 7) is 0. The number of benzene rings is 2. The van der Waals surface area contributed by atoms with Crippen LogP contribution < -0.4 is 0 Å². The van der Waals surface area contributed by atoms with Crippen molar-refractivity contribution in [3.05, 3.63) is 58.3 Å². The quantitative estimate of drug-likeness (QED) is 0.645. The largest absolute Gasteiger partial charge is 0.294 e. The smallest absolute Gasteiger partial charge is 0.129 e. The van der Waals surface area contributed by atoms with Gasteiger partial charge in [0.25, 0.3) is 0 Å². The van der Waals surface area contributed by atoms with Crippen molar-refractivity contribution in [3.8, 4) is 11.8 Å². The van der Waals surface area contributed by atoms with Crippen LogP contribution in [-0.2, 0) is 5.88 Å². The lowest BCUT2D eigenvalue weighted by Crippen LogP contribution is -2.00. The Labute approximate surface area is 129 Å². The first kappa shape index (κ1) is 13.2. The summed E-state index contributed by atoms with van der Waals surface area (Å²) in [5, 5.41) is 8.94. The molecule has 1 heterocycles. The summed E-state index contributed by atoms with van der Waals surface area (Å²) in [6, 6.07) is 15.5. The molecule has 0 N–H and O–H groups in total. The van der Waals surface area contributed by atoms with Crippen molar-refractivity contribution >= 4 is 38.6 Å². The number of fused-ring (bicyclic) bond motifs is 1. The lowest BCUT2D eigenvalue weighted by Gasteiger charge is -2.10. The van der Waals surface area contributed by atoms with Gasteiger partial charge in [-0.1, -0.05) is 12.1 Å². The zero-order chi connectivity index (χ0) is 14.1. The summed E-state index contributed by atoms with van der Waals surface area (Å²) in [5.74, 6) is 1.10. The zero-order valence-corrected chi connectivity index (χ0v) is 12.7. The number of nitriles is 1. The number of hydrogen-bond donors (Lipinski definition) is 0. The second kappa shape index (κ2) is 5.28. The van der Waals surface area contributed by atoms with Crippen molar-refractivity contribution in [2.24, 2.45) is 0 Å². The first-order chi connectivity index (χ1) is 9.74. The Balaban J connectivity index is 2.31. The van der Waals surface area contributed by atoms with Gasteiger partial charge in [-0.25, -0.2) is 4.98 Å². The maximum Gasteiger partial charge on any atom is 0.129 e. The van der Waals surface area contributed by atoms with E-state index < -0.39 is 0 Å². The number of hydrogen-bond acceptors (Lipinski definition) is 2. The molecule has 0 spiro atoms. The van der Waals surface area contributed by atoms with Gasteiger partial charge in [-0.2, -0.15) is 5.26 Å². The standard InChI is InChI=1S/C15H9BrClN3/c16-11-7-10(9-18)5-6-13(11)20-14-4-2-1-3-12(14)19-15(20)8-17/h1-7H,8H2. The van der Waals surface area contributed by atoms with E-state index in [1.165, 1.54) is 0 Å². The molecule has 0 saturated heterocycles. The molecule has 3 rings (SSSR count). The second-order valence-electron chi connectivity index (χ2n) is 4.26. The van der Waals surface area contributed by atoms with E-state index in [9.17, 15) is 0 Å². The average molecular weight is 347 g/mol. The van der Waals surface area contributed by atoms with Crippen LogP contribution in [-0.4, -0.2) is 9.55 Å². The fraction of sp³-hybridized carbons (Fsp3) is 0.0667. The van der Waals surface area contributed by atoms with Crippen LogP contribution in [0.2, 0.25) is 0 Å². The molecular formula is C15H9BrClN3. The minimum atomic E-state index is 0.321. The molecule has 0 unspecified atom stereocenters. The van der Waals surface area contributed by atoms with Crippen molar-refractivity contribution in [2.75, 3.05) is 0 Å². The molecule has 0 radical (unpaired) electrons. The molecule has 0 aliphatic rings. The molecular weight excluding hydrogens is 338 g/mol. The molecule has 0 saturated carbocycles. The van der Waals surface area contributed by atoms with Gasteiger partial charge in [0, 0.05) is 4.47 Å². The number of alkyl halides is 1. The Kier molecular flexibility index (Phi) is 3.47. The van der Waals surface area contributed by atoms with Crippen LogP contribution in [0, 0.1) is 11.3 Å². The lowest BCUT2D eigenvalue weighted by atomic mass is 10.2. The van der Waals surface area contributed by atoms with Gasteiger partial charge in [0.05, 0.1) is 34.2 Å². The van der Waals surface area contributed by atoms with Crippen LogP contribution >= 0.6 is 27.5 Å². The highest BCUT2D eigenvalue weighted by molar-refractivity contribution is 9.10. The Bertz CT molecular complexity index is 833. The van der Waals surface area contributed by atoms with E-state index >= 15 is 0 Å². The molecule has 2 aromatic carbocycles. The molecule has 20 heavy (non-hydrogen) atoms. The molecule has 3 nitrogen and oxygen atoms in total. The summed E-state index contributed by atoms with van der Waals surface area (Å²) in [7, 11) is 0. The highest BCUT2D eigenvalue weighted by atomic mass is 79.9. The lowest BCUT2D eigenvalue weighted by molar-refractivity contribution is 0.977. The minimum Gasteiger partial charge on any atom is -0.294 e. The van der Waals surface area contributed by atoms with Gasteiger partial charge in [0.15, 0.2) is 0 Å². The van der Waals surface area contributed by atoms with Gasteiger partial charge in [-0.15, -0.1) is 11.6 Å². The maximum atomic E-state index is 8.94. The number of para-hydroxylation sites is 2. The van der Waals surface area contributed by atoms with Gasteiger partial charge in [-0.3, -0.25) is 4.57 Å². The molecule has 0 aliphatic carbocycles. The predicted molar refractivity (Wildman–Crippen MR) is 83.0 cm³/mol. The van der Waals surface area contributed by atoms with Gasteiger partial charge in [0.1, 0.15) is 5.82 Å². The van der Waals surface area contributed by atoms with Crippen molar-refractivity contribution in [1.29, 1.82) is 5.26 Å². The Morgan fingerprint density at radius 3 is 2.75 bits per heavy atom. The normalized spacial score (nSPS) is 10.7. The third-order valence-electron chi connectivity index (χ3n) is 3.07. The fourth-order valence-electron chi connectivity index (χ4n) is 2.19. The average Bonchev–Trinajstić information content (AvgIpc) is 2.85. The van der Waals surface area contributed by atoms with Crippen LogP contribution in [0.1, 0.15) is 11.4 Å². The number of halogens is 2. The number of nitrogens with zero attached hydrogens (tertiary/aromatic N) is 3. The van der Waals surface area contributed by atoms with E-state index in [2.05, 4.69) is 27.0 Å².